The second-order valence-corrected chi connectivity index (χ2v) is 13.6. The third kappa shape index (κ3) is 7.62. The number of sulfonamides is 1. The fraction of sp³-hybridized carbons (Fsp3) is 0.435. The van der Waals surface area contributed by atoms with Gasteiger partial charge < -0.3 is 4.74 Å². The molecule has 0 saturated carbocycles. The number of benzene rings is 2. The van der Waals surface area contributed by atoms with E-state index in [1.54, 1.807) is 20.8 Å². The number of amides is 1. The number of halogens is 3. The summed E-state index contributed by atoms with van der Waals surface area (Å²) >= 11 is 5.86. The zero-order valence-electron chi connectivity index (χ0n) is 20.0. The summed E-state index contributed by atoms with van der Waals surface area (Å²) in [4.78, 5) is 12.3. The van der Waals surface area contributed by atoms with Gasteiger partial charge in [0.2, 0.25) is 10.0 Å². The molecule has 0 heterocycles. The molecule has 0 aliphatic heterocycles. The molecule has 2 aromatic carbocycles. The number of nitrogens with zero attached hydrogens (tertiary/aromatic N) is 1. The van der Waals surface area contributed by atoms with Crippen LogP contribution in [-0.2, 0) is 24.6 Å². The van der Waals surface area contributed by atoms with Crippen LogP contribution in [0, 0.1) is 17.6 Å². The zero-order chi connectivity index (χ0) is 26.8. The van der Waals surface area contributed by atoms with Gasteiger partial charge in [0.1, 0.15) is 17.2 Å². The second-order valence-electron chi connectivity index (χ2n) is 9.17. The van der Waals surface area contributed by atoms with Crippen LogP contribution in [0.5, 0.6) is 0 Å². The molecule has 0 aromatic heterocycles. The summed E-state index contributed by atoms with van der Waals surface area (Å²) in [6, 6.07) is 7.69. The fourth-order valence-corrected chi connectivity index (χ4v) is 6.40. The number of ether oxygens (including phenoxy) is 1. The SMILES string of the molecule is CC(CCN(C(=O)OC(C)(C)C)S(C)(=O)=O)C(c1cc(F)ccc1F)S(=O)(=O)c1ccc(Cl)cc1. The third-order valence-electron chi connectivity index (χ3n) is 5.04. The molecule has 35 heavy (non-hydrogen) atoms. The Balaban J connectivity index is 2.49. The van der Waals surface area contributed by atoms with Crippen LogP contribution in [0.4, 0.5) is 13.6 Å². The number of carbonyl (C=O) groups is 1. The molecular weight excluding hydrogens is 524 g/mol. The molecule has 2 aromatic rings. The summed E-state index contributed by atoms with van der Waals surface area (Å²) in [5, 5.41) is -1.30. The van der Waals surface area contributed by atoms with E-state index in [-0.39, 0.29) is 16.3 Å². The Kier molecular flexibility index (Phi) is 8.94. The van der Waals surface area contributed by atoms with Gasteiger partial charge in [0.15, 0.2) is 9.84 Å². The minimum atomic E-state index is -4.29. The molecule has 2 rings (SSSR count). The van der Waals surface area contributed by atoms with Crippen molar-refractivity contribution in [2.24, 2.45) is 5.92 Å². The number of hydrogen-bond acceptors (Lipinski definition) is 6. The first-order chi connectivity index (χ1) is 15.9. The van der Waals surface area contributed by atoms with Gasteiger partial charge >= 0.3 is 6.09 Å². The molecule has 0 aliphatic carbocycles. The average Bonchev–Trinajstić information content (AvgIpc) is 2.68. The minimum absolute atomic E-state index is 0.172. The Morgan fingerprint density at radius 3 is 2.14 bits per heavy atom. The molecule has 0 aliphatic rings. The summed E-state index contributed by atoms with van der Waals surface area (Å²) < 4.78 is 86.0. The Bertz CT molecular complexity index is 1280. The minimum Gasteiger partial charge on any atom is -0.443 e. The van der Waals surface area contributed by atoms with Crippen molar-refractivity contribution in [3.05, 3.63) is 64.7 Å². The smallest absolute Gasteiger partial charge is 0.424 e. The van der Waals surface area contributed by atoms with Crippen molar-refractivity contribution in [2.75, 3.05) is 12.8 Å². The first kappa shape index (κ1) is 29.0. The van der Waals surface area contributed by atoms with E-state index in [9.17, 15) is 30.4 Å². The molecule has 12 heteroatoms. The van der Waals surface area contributed by atoms with Gasteiger partial charge in [-0.15, -0.1) is 0 Å². The summed E-state index contributed by atoms with van der Waals surface area (Å²) in [6.45, 7) is 5.72. The van der Waals surface area contributed by atoms with Crippen molar-refractivity contribution in [3.8, 4) is 0 Å². The molecule has 0 N–H and O–H groups in total. The Morgan fingerprint density at radius 1 is 1.06 bits per heavy atom. The first-order valence-corrected chi connectivity index (χ1v) is 14.4. The van der Waals surface area contributed by atoms with Gasteiger partial charge in [-0.05, 0) is 75.6 Å². The van der Waals surface area contributed by atoms with Crippen LogP contribution in [0.1, 0.15) is 44.9 Å². The van der Waals surface area contributed by atoms with Crippen LogP contribution < -0.4 is 0 Å². The number of rotatable bonds is 8. The van der Waals surface area contributed by atoms with E-state index in [0.29, 0.717) is 4.31 Å². The number of carbonyl (C=O) groups excluding carboxylic acids is 1. The highest BCUT2D eigenvalue weighted by molar-refractivity contribution is 7.91. The second kappa shape index (κ2) is 10.8. The van der Waals surface area contributed by atoms with Gasteiger partial charge in [0, 0.05) is 17.1 Å². The van der Waals surface area contributed by atoms with Crippen molar-refractivity contribution in [1.82, 2.24) is 4.31 Å². The Morgan fingerprint density at radius 2 is 1.63 bits per heavy atom. The largest absolute Gasteiger partial charge is 0.443 e. The Labute approximate surface area is 210 Å². The van der Waals surface area contributed by atoms with Crippen LogP contribution in [0.15, 0.2) is 47.4 Å². The predicted molar refractivity (Wildman–Crippen MR) is 129 cm³/mol. The maximum Gasteiger partial charge on any atom is 0.424 e. The highest BCUT2D eigenvalue weighted by atomic mass is 35.5. The van der Waals surface area contributed by atoms with Crippen molar-refractivity contribution in [2.45, 2.75) is 49.9 Å². The number of sulfone groups is 1. The molecule has 2 atom stereocenters. The monoisotopic (exact) mass is 551 g/mol. The van der Waals surface area contributed by atoms with Crippen molar-refractivity contribution in [1.29, 1.82) is 0 Å². The van der Waals surface area contributed by atoms with Crippen molar-refractivity contribution >= 4 is 37.6 Å². The molecule has 0 fully saturated rings. The molecule has 2 unspecified atom stereocenters. The van der Waals surface area contributed by atoms with Gasteiger partial charge in [-0.1, -0.05) is 18.5 Å². The molecule has 0 spiro atoms. The quantitative estimate of drug-likeness (QED) is 0.438. The highest BCUT2D eigenvalue weighted by Crippen LogP contribution is 2.39. The van der Waals surface area contributed by atoms with Gasteiger partial charge in [-0.25, -0.2) is 34.7 Å². The van der Waals surface area contributed by atoms with Gasteiger partial charge in [0.25, 0.3) is 0 Å². The number of hydrogen-bond donors (Lipinski definition) is 0. The van der Waals surface area contributed by atoms with Crippen LogP contribution >= 0.6 is 11.6 Å². The van der Waals surface area contributed by atoms with Crippen LogP contribution in [-0.4, -0.2) is 45.6 Å². The summed E-state index contributed by atoms with van der Waals surface area (Å²) in [5.74, 6) is -2.72. The summed E-state index contributed by atoms with van der Waals surface area (Å²) in [7, 11) is -8.36. The van der Waals surface area contributed by atoms with E-state index in [1.807, 2.05) is 0 Å². The molecule has 0 saturated heterocycles. The van der Waals surface area contributed by atoms with E-state index < -0.39 is 66.5 Å². The lowest BCUT2D eigenvalue weighted by Gasteiger charge is -2.29. The average molecular weight is 552 g/mol. The molecule has 194 valence electrons. The van der Waals surface area contributed by atoms with Crippen LogP contribution in [0.2, 0.25) is 5.02 Å². The van der Waals surface area contributed by atoms with E-state index in [0.717, 1.165) is 24.5 Å². The lowest BCUT2D eigenvalue weighted by Crippen LogP contribution is -2.41. The molecule has 0 bridgehead atoms. The lowest BCUT2D eigenvalue weighted by atomic mass is 9.96. The molecule has 7 nitrogen and oxygen atoms in total. The highest BCUT2D eigenvalue weighted by Gasteiger charge is 2.37. The Hall–Kier alpha value is -2.24. The standard InChI is InChI=1S/C23H28ClF2NO6S2/c1-15(12-13-27(34(5,29)30)22(28)33-23(2,3)4)21(19-14-17(25)8-11-20(19)26)35(31,32)18-9-6-16(24)7-10-18/h6-11,14-15,21H,12-13H2,1-5H3. The summed E-state index contributed by atoms with van der Waals surface area (Å²) in [6.07, 6.45) is -0.489. The van der Waals surface area contributed by atoms with Gasteiger partial charge in [-0.3, -0.25) is 0 Å². The maximum absolute atomic E-state index is 14.8. The van der Waals surface area contributed by atoms with Gasteiger partial charge in [-0.2, -0.15) is 0 Å². The predicted octanol–water partition coefficient (Wildman–Crippen LogP) is 5.36. The first-order valence-electron chi connectivity index (χ1n) is 10.6. The normalized spacial score (nSPS) is 14.3. The van der Waals surface area contributed by atoms with E-state index in [2.05, 4.69) is 0 Å². The molecule has 1 amide bonds. The zero-order valence-corrected chi connectivity index (χ0v) is 22.3. The third-order valence-corrected chi connectivity index (χ3v) is 8.74. The van der Waals surface area contributed by atoms with Crippen molar-refractivity contribution < 1.29 is 35.1 Å². The molecular formula is C23H28ClF2NO6S2. The van der Waals surface area contributed by atoms with Crippen LogP contribution in [0.3, 0.4) is 0 Å². The lowest BCUT2D eigenvalue weighted by molar-refractivity contribution is 0.0386. The fourth-order valence-electron chi connectivity index (χ4n) is 3.46. The van der Waals surface area contributed by atoms with E-state index in [4.69, 9.17) is 16.3 Å². The van der Waals surface area contributed by atoms with Crippen molar-refractivity contribution in [3.63, 3.8) is 0 Å². The van der Waals surface area contributed by atoms with Gasteiger partial charge in [0.05, 0.1) is 16.4 Å². The summed E-state index contributed by atoms with van der Waals surface area (Å²) in [5.41, 5.74) is -1.38. The topological polar surface area (TPSA) is 97.8 Å². The van der Waals surface area contributed by atoms with Crippen LogP contribution in [0.25, 0.3) is 0 Å². The van der Waals surface area contributed by atoms with E-state index >= 15 is 0 Å². The molecule has 0 radical (unpaired) electrons. The van der Waals surface area contributed by atoms with E-state index in [1.165, 1.54) is 31.2 Å². The maximum atomic E-state index is 14.8.